The average molecular weight is 742 g/mol. The molecule has 0 rings (SSSR count). The first-order chi connectivity index (χ1) is 15.6. The summed E-state index contributed by atoms with van der Waals surface area (Å²) < 4.78 is 255. The molecule has 1 N–H and O–H groups in total. The standard InChI is InChI=1S/C14H15F17N2O3S.HI/c1-33(2,3)6-4-5-32(37(34,35)36)14(30,31)12(25,26)10(21,22)8(17,18)7(15,16)9(19,20)11(23,24)13(27,28)29;/h4-6H2,1-3H3;1H. The number of halogens is 18. The molecule has 24 heteroatoms. The molecule has 0 aliphatic rings. The van der Waals surface area contributed by atoms with Crippen molar-refractivity contribution >= 4 is 10.3 Å². The molecule has 0 aromatic carbocycles. The lowest BCUT2D eigenvalue weighted by molar-refractivity contribution is -0.870. The van der Waals surface area contributed by atoms with E-state index in [-0.39, 0.29) is 28.5 Å². The van der Waals surface area contributed by atoms with E-state index in [2.05, 4.69) is 0 Å². The normalized spacial score (nSPS) is 16.1. The Kier molecular flexibility index (Phi) is 11.1. The fourth-order valence-electron chi connectivity index (χ4n) is 2.40. The first-order valence-corrected chi connectivity index (χ1v) is 10.3. The molecule has 0 aromatic heterocycles. The van der Waals surface area contributed by atoms with Gasteiger partial charge in [-0.3, -0.25) is 4.55 Å². The van der Waals surface area contributed by atoms with Crippen molar-refractivity contribution in [2.75, 3.05) is 34.2 Å². The lowest BCUT2D eigenvalue weighted by Gasteiger charge is -2.44. The maximum Gasteiger partial charge on any atom is 0.460 e. The molecule has 5 nitrogen and oxygen atoms in total. The summed E-state index contributed by atoms with van der Waals surface area (Å²) in [5.41, 5.74) is 0. The maximum atomic E-state index is 14.2. The summed E-state index contributed by atoms with van der Waals surface area (Å²) in [7, 11) is -3.08. The zero-order valence-corrected chi connectivity index (χ0v) is 21.5. The van der Waals surface area contributed by atoms with Gasteiger partial charge in [0.15, 0.2) is 0 Å². The van der Waals surface area contributed by atoms with Crippen molar-refractivity contribution in [3.8, 4) is 0 Å². The summed E-state index contributed by atoms with van der Waals surface area (Å²) in [6.45, 7) is -2.63. The number of nitrogens with zero attached hydrogens (tertiary/aromatic N) is 2. The second kappa shape index (κ2) is 10.6. The number of quaternary nitrogens is 1. The van der Waals surface area contributed by atoms with E-state index in [1.165, 1.54) is 21.1 Å². The molecule has 0 amide bonds. The van der Waals surface area contributed by atoms with Crippen LogP contribution in [0.25, 0.3) is 0 Å². The minimum Gasteiger partial charge on any atom is -1.00 e. The third kappa shape index (κ3) is 6.31. The van der Waals surface area contributed by atoms with E-state index in [0.29, 0.717) is 0 Å². The van der Waals surface area contributed by atoms with Crippen LogP contribution >= 0.6 is 0 Å². The van der Waals surface area contributed by atoms with Gasteiger partial charge in [-0.2, -0.15) is 83.1 Å². The Hall–Kier alpha value is -0.630. The van der Waals surface area contributed by atoms with Crippen LogP contribution in [-0.2, 0) is 10.3 Å². The SMILES string of the molecule is C[N+](C)(C)CCCN(C(F)(F)C(F)(F)C(F)(F)C(F)(F)C(F)(F)C(F)(F)C(F)(F)C(F)(F)F)S(=O)(=O)O.[I-]. The molecule has 0 aliphatic carbocycles. The molecule has 0 atom stereocenters. The second-order valence-electron chi connectivity index (χ2n) is 8.40. The Bertz CT molecular complexity index is 931. The Morgan fingerprint density at radius 2 is 0.895 bits per heavy atom. The molecule has 38 heavy (non-hydrogen) atoms. The fraction of sp³-hybridized carbons (Fsp3) is 1.00. The van der Waals surface area contributed by atoms with Crippen LogP contribution in [0.1, 0.15) is 6.42 Å². The maximum absolute atomic E-state index is 14.2. The van der Waals surface area contributed by atoms with Gasteiger partial charge >= 0.3 is 58.1 Å². The fourth-order valence-corrected chi connectivity index (χ4v) is 3.17. The van der Waals surface area contributed by atoms with Gasteiger partial charge in [-0.15, -0.1) is 4.31 Å². The van der Waals surface area contributed by atoms with Crippen LogP contribution < -0.4 is 24.0 Å². The average Bonchev–Trinajstić information content (AvgIpc) is 2.61. The van der Waals surface area contributed by atoms with Gasteiger partial charge in [0.2, 0.25) is 0 Å². The molecule has 0 heterocycles. The number of alkyl halides is 17. The molecule has 0 bridgehead atoms. The van der Waals surface area contributed by atoms with Gasteiger partial charge in [0.05, 0.1) is 27.7 Å². The summed E-state index contributed by atoms with van der Waals surface area (Å²) in [5, 5.41) is 0. The number of hydrogen-bond acceptors (Lipinski definition) is 2. The van der Waals surface area contributed by atoms with Crippen molar-refractivity contribution in [1.29, 1.82) is 0 Å². The summed E-state index contributed by atoms with van der Waals surface area (Å²) in [6, 6.07) is -7.39. The van der Waals surface area contributed by atoms with E-state index in [4.69, 9.17) is 4.55 Å². The highest BCUT2D eigenvalue weighted by atomic mass is 127. The third-order valence-electron chi connectivity index (χ3n) is 4.49. The topological polar surface area (TPSA) is 57.6 Å². The van der Waals surface area contributed by atoms with Crippen molar-refractivity contribution in [3.63, 3.8) is 0 Å². The van der Waals surface area contributed by atoms with Gasteiger partial charge in [0.1, 0.15) is 0 Å². The van der Waals surface area contributed by atoms with Crippen molar-refractivity contribution in [2.24, 2.45) is 0 Å². The molecule has 0 saturated carbocycles. The first-order valence-electron chi connectivity index (χ1n) is 8.86. The summed E-state index contributed by atoms with van der Waals surface area (Å²) >= 11 is 0. The van der Waals surface area contributed by atoms with Crippen molar-refractivity contribution < 1.29 is 116 Å². The molecular formula is C14H16F17IN2O3S. The molecule has 0 spiro atoms. The predicted octanol–water partition coefficient (Wildman–Crippen LogP) is 2.16. The van der Waals surface area contributed by atoms with E-state index in [0.717, 1.165) is 0 Å². The quantitative estimate of drug-likeness (QED) is 0.110. The van der Waals surface area contributed by atoms with Gasteiger partial charge in [0, 0.05) is 13.0 Å². The van der Waals surface area contributed by atoms with E-state index in [9.17, 15) is 83.1 Å². The molecule has 0 radical (unpaired) electrons. The van der Waals surface area contributed by atoms with Gasteiger partial charge < -0.3 is 28.5 Å². The van der Waals surface area contributed by atoms with Crippen molar-refractivity contribution in [2.45, 2.75) is 54.2 Å². The zero-order valence-electron chi connectivity index (χ0n) is 18.5. The Morgan fingerprint density at radius 1 is 0.605 bits per heavy atom. The van der Waals surface area contributed by atoms with Gasteiger partial charge in [0.25, 0.3) is 0 Å². The third-order valence-corrected chi connectivity index (χ3v) is 5.46. The molecule has 0 unspecified atom stereocenters. The second-order valence-corrected chi connectivity index (χ2v) is 9.74. The van der Waals surface area contributed by atoms with Crippen LogP contribution in [0.4, 0.5) is 74.6 Å². The summed E-state index contributed by atoms with van der Waals surface area (Å²) in [6.07, 6.45) is -8.95. The molecule has 0 aliphatic heterocycles. The van der Waals surface area contributed by atoms with Crippen molar-refractivity contribution in [3.05, 3.63) is 0 Å². The smallest absolute Gasteiger partial charge is 0.460 e. The van der Waals surface area contributed by atoms with Crippen LogP contribution in [0.15, 0.2) is 0 Å². The molecule has 0 aromatic rings. The molecule has 0 saturated heterocycles. The van der Waals surface area contributed by atoms with Gasteiger partial charge in [-0.25, -0.2) is 0 Å². The Balaban J connectivity index is 0. The van der Waals surface area contributed by atoms with Crippen LogP contribution in [0.2, 0.25) is 0 Å². The largest absolute Gasteiger partial charge is 1.00 e. The van der Waals surface area contributed by atoms with E-state index >= 15 is 0 Å². The zero-order chi connectivity index (χ0) is 30.7. The molecule has 0 fully saturated rings. The number of hydrogen-bond donors (Lipinski definition) is 1. The van der Waals surface area contributed by atoms with E-state index in [1.54, 1.807) is 0 Å². The van der Waals surface area contributed by atoms with E-state index < -0.39 is 81.9 Å². The monoisotopic (exact) mass is 742 g/mol. The summed E-state index contributed by atoms with van der Waals surface area (Å²) in [4.78, 5) is 0. The van der Waals surface area contributed by atoms with E-state index in [1.807, 2.05) is 0 Å². The highest BCUT2D eigenvalue weighted by Crippen LogP contribution is 2.64. The predicted molar refractivity (Wildman–Crippen MR) is 86.5 cm³/mol. The highest BCUT2D eigenvalue weighted by molar-refractivity contribution is 7.83. The van der Waals surface area contributed by atoms with Crippen molar-refractivity contribution in [1.82, 2.24) is 4.31 Å². The van der Waals surface area contributed by atoms with Gasteiger partial charge in [-0.1, -0.05) is 0 Å². The number of rotatable bonds is 12. The lowest BCUT2D eigenvalue weighted by atomic mass is 9.90. The first kappa shape index (κ1) is 39.5. The van der Waals surface area contributed by atoms with Crippen LogP contribution in [0.3, 0.4) is 0 Å². The Morgan fingerprint density at radius 3 is 1.16 bits per heavy atom. The minimum absolute atomic E-state index is 0. The lowest BCUT2D eigenvalue weighted by Crippen LogP contribution is -3.00. The van der Waals surface area contributed by atoms with Crippen LogP contribution in [0, 0.1) is 0 Å². The summed E-state index contributed by atoms with van der Waals surface area (Å²) in [5.74, 6) is -51.6. The minimum atomic E-state index is -8.85. The Labute approximate surface area is 219 Å². The molecule has 232 valence electrons. The van der Waals surface area contributed by atoms with Gasteiger partial charge in [-0.05, 0) is 0 Å². The highest BCUT2D eigenvalue weighted by Gasteiger charge is 2.95. The van der Waals surface area contributed by atoms with Crippen LogP contribution in [-0.4, -0.2) is 104 Å². The van der Waals surface area contributed by atoms with Crippen LogP contribution in [0.5, 0.6) is 0 Å². The molecular weight excluding hydrogens is 726 g/mol.